The van der Waals surface area contributed by atoms with E-state index in [2.05, 4.69) is 0 Å². The Morgan fingerprint density at radius 2 is 2.05 bits per heavy atom. The van der Waals surface area contributed by atoms with E-state index in [0.29, 0.717) is 17.7 Å². The van der Waals surface area contributed by atoms with E-state index in [-0.39, 0.29) is 10.9 Å². The molecule has 0 saturated carbocycles. The quantitative estimate of drug-likeness (QED) is 0.906. The van der Waals surface area contributed by atoms with Crippen LogP contribution in [0, 0.1) is 0 Å². The maximum absolute atomic E-state index is 11.8. The van der Waals surface area contributed by atoms with Gasteiger partial charge in [-0.15, -0.1) is 0 Å². The van der Waals surface area contributed by atoms with Crippen molar-refractivity contribution in [3.8, 4) is 5.75 Å². The number of ether oxygens (including phenoxy) is 2. The summed E-state index contributed by atoms with van der Waals surface area (Å²) in [4.78, 5) is 0.0629. The van der Waals surface area contributed by atoms with E-state index in [9.17, 15) is 8.42 Å². The summed E-state index contributed by atoms with van der Waals surface area (Å²) in [5, 5.41) is 5.81. The van der Waals surface area contributed by atoms with Crippen molar-refractivity contribution in [1.29, 1.82) is 0 Å². The fraction of sp³-hybridized carbons (Fsp3) is 0.385. The van der Waals surface area contributed by atoms with Gasteiger partial charge in [-0.05, 0) is 19.1 Å². The monoisotopic (exact) mass is 298 g/mol. The van der Waals surface area contributed by atoms with Crippen LogP contribution in [0.4, 0.5) is 0 Å². The van der Waals surface area contributed by atoms with Gasteiger partial charge in [0.2, 0.25) is 10.0 Å². The molecule has 2 N–H and O–H groups in total. The van der Waals surface area contributed by atoms with Crippen molar-refractivity contribution in [2.45, 2.75) is 17.9 Å². The van der Waals surface area contributed by atoms with E-state index in [1.807, 2.05) is 23.6 Å². The van der Waals surface area contributed by atoms with Crippen LogP contribution in [0.1, 0.15) is 13.0 Å². The highest BCUT2D eigenvalue weighted by atomic mass is 32.2. The van der Waals surface area contributed by atoms with Gasteiger partial charge in [0.1, 0.15) is 10.6 Å². The van der Waals surface area contributed by atoms with Crippen LogP contribution in [0.2, 0.25) is 0 Å². The minimum absolute atomic E-state index is 0.0230. The van der Waals surface area contributed by atoms with Crippen molar-refractivity contribution in [1.82, 2.24) is 4.57 Å². The van der Waals surface area contributed by atoms with Gasteiger partial charge in [0.25, 0.3) is 0 Å². The molecule has 1 aromatic carbocycles. The van der Waals surface area contributed by atoms with Crippen molar-refractivity contribution < 1.29 is 17.9 Å². The number of hydrogen-bond acceptors (Lipinski definition) is 4. The first-order chi connectivity index (χ1) is 9.40. The summed E-state index contributed by atoms with van der Waals surface area (Å²) >= 11 is 0. The van der Waals surface area contributed by atoms with Gasteiger partial charge < -0.3 is 14.0 Å². The van der Waals surface area contributed by atoms with Crippen molar-refractivity contribution in [2.24, 2.45) is 5.14 Å². The van der Waals surface area contributed by atoms with E-state index >= 15 is 0 Å². The maximum Gasteiger partial charge on any atom is 0.240 e. The lowest BCUT2D eigenvalue weighted by molar-refractivity contribution is 0.164. The van der Waals surface area contributed by atoms with Crippen LogP contribution in [0.5, 0.6) is 5.75 Å². The Bertz CT molecular complexity index is 721. The first kappa shape index (κ1) is 14.8. The molecule has 1 heterocycles. The number of rotatable bonds is 5. The van der Waals surface area contributed by atoms with Gasteiger partial charge in [0.05, 0.1) is 30.7 Å². The predicted molar refractivity (Wildman–Crippen MR) is 76.5 cm³/mol. The van der Waals surface area contributed by atoms with Crippen LogP contribution < -0.4 is 9.88 Å². The Morgan fingerprint density at radius 1 is 1.35 bits per heavy atom. The summed E-state index contributed by atoms with van der Waals surface area (Å²) in [5.41, 5.74) is 0.748. The highest BCUT2D eigenvalue weighted by Gasteiger charge is 2.22. The third-order valence-electron chi connectivity index (χ3n) is 3.19. The molecule has 7 heteroatoms. The minimum Gasteiger partial charge on any atom is -0.496 e. The molecule has 110 valence electrons. The number of sulfonamides is 1. The van der Waals surface area contributed by atoms with E-state index in [1.54, 1.807) is 13.2 Å². The van der Waals surface area contributed by atoms with Gasteiger partial charge in [-0.25, -0.2) is 13.6 Å². The number of nitrogens with zero attached hydrogens (tertiary/aromatic N) is 1. The molecule has 0 saturated heterocycles. The van der Waals surface area contributed by atoms with Crippen molar-refractivity contribution in [2.75, 3.05) is 20.8 Å². The molecule has 0 aliphatic heterocycles. The predicted octanol–water partition coefficient (Wildman–Crippen LogP) is 1.50. The lowest BCUT2D eigenvalue weighted by atomic mass is 10.2. The number of hydrogen-bond donors (Lipinski definition) is 1. The summed E-state index contributed by atoms with van der Waals surface area (Å²) in [6.45, 7) is 2.40. The SMILES string of the molecule is COCC(C)n1cc(S(N)(=O)=O)c2c(OC)cccc21. The molecule has 2 rings (SSSR count). The summed E-state index contributed by atoms with van der Waals surface area (Å²) in [6, 6.07) is 5.33. The summed E-state index contributed by atoms with van der Waals surface area (Å²) in [5.74, 6) is 0.481. The summed E-state index contributed by atoms with van der Waals surface area (Å²) < 4.78 is 35.8. The van der Waals surface area contributed by atoms with Gasteiger partial charge in [-0.2, -0.15) is 0 Å². The summed E-state index contributed by atoms with van der Waals surface area (Å²) in [7, 11) is -0.733. The van der Waals surface area contributed by atoms with Crippen LogP contribution in [-0.2, 0) is 14.8 Å². The smallest absolute Gasteiger partial charge is 0.240 e. The zero-order valence-corrected chi connectivity index (χ0v) is 12.5. The average molecular weight is 298 g/mol. The van der Waals surface area contributed by atoms with E-state index in [1.165, 1.54) is 13.3 Å². The normalized spacial score (nSPS) is 13.6. The molecule has 1 unspecified atom stereocenters. The third kappa shape index (κ3) is 2.52. The topological polar surface area (TPSA) is 83.5 Å². The minimum atomic E-state index is -3.83. The molecule has 0 bridgehead atoms. The molecule has 0 amide bonds. The van der Waals surface area contributed by atoms with Crippen LogP contribution in [0.25, 0.3) is 10.9 Å². The van der Waals surface area contributed by atoms with Gasteiger partial charge in [-0.3, -0.25) is 0 Å². The number of primary sulfonamides is 1. The molecule has 0 aliphatic carbocycles. The first-order valence-electron chi connectivity index (χ1n) is 6.09. The Morgan fingerprint density at radius 3 is 2.60 bits per heavy atom. The zero-order chi connectivity index (χ0) is 14.9. The number of fused-ring (bicyclic) bond motifs is 1. The molecular formula is C13H18N2O4S. The van der Waals surface area contributed by atoms with Crippen molar-refractivity contribution in [3.63, 3.8) is 0 Å². The molecule has 1 aromatic heterocycles. The van der Waals surface area contributed by atoms with Gasteiger partial charge in [-0.1, -0.05) is 6.07 Å². The first-order valence-corrected chi connectivity index (χ1v) is 7.64. The summed E-state index contributed by atoms with van der Waals surface area (Å²) in [6.07, 6.45) is 1.53. The number of aromatic nitrogens is 1. The second kappa shape index (κ2) is 5.43. The Labute approximate surface area is 118 Å². The van der Waals surface area contributed by atoms with E-state index < -0.39 is 10.0 Å². The number of methoxy groups -OCH3 is 2. The molecule has 2 aromatic rings. The molecule has 1 atom stereocenters. The molecular weight excluding hydrogens is 280 g/mol. The standard InChI is InChI=1S/C13H18N2O4S/c1-9(8-18-2)15-7-12(20(14,16)17)13-10(15)5-4-6-11(13)19-3/h4-7,9H,8H2,1-3H3,(H2,14,16,17). The van der Waals surface area contributed by atoms with Crippen molar-refractivity contribution in [3.05, 3.63) is 24.4 Å². The molecule has 0 aliphatic rings. The third-order valence-corrected chi connectivity index (χ3v) is 4.12. The molecule has 0 fully saturated rings. The Balaban J connectivity index is 2.80. The second-order valence-corrected chi connectivity index (χ2v) is 6.13. The Hall–Kier alpha value is -1.57. The van der Waals surface area contributed by atoms with E-state index in [0.717, 1.165) is 5.52 Å². The molecule has 0 spiro atoms. The molecule has 20 heavy (non-hydrogen) atoms. The fourth-order valence-corrected chi connectivity index (χ4v) is 3.06. The van der Waals surface area contributed by atoms with Crippen molar-refractivity contribution >= 4 is 20.9 Å². The lowest BCUT2D eigenvalue weighted by Crippen LogP contribution is -2.13. The van der Waals surface area contributed by atoms with Gasteiger partial charge >= 0.3 is 0 Å². The highest BCUT2D eigenvalue weighted by Crippen LogP contribution is 2.34. The number of nitrogens with two attached hydrogens (primary N) is 1. The number of benzene rings is 1. The van der Waals surface area contributed by atoms with E-state index in [4.69, 9.17) is 14.6 Å². The van der Waals surface area contributed by atoms with Crippen LogP contribution >= 0.6 is 0 Å². The van der Waals surface area contributed by atoms with Gasteiger partial charge in [0, 0.05) is 13.3 Å². The van der Waals surface area contributed by atoms with Crippen LogP contribution in [-0.4, -0.2) is 33.8 Å². The highest BCUT2D eigenvalue weighted by molar-refractivity contribution is 7.89. The van der Waals surface area contributed by atoms with Crippen LogP contribution in [0.3, 0.4) is 0 Å². The average Bonchev–Trinajstić information content (AvgIpc) is 2.78. The maximum atomic E-state index is 11.8. The van der Waals surface area contributed by atoms with Crippen LogP contribution in [0.15, 0.2) is 29.3 Å². The lowest BCUT2D eigenvalue weighted by Gasteiger charge is -2.14. The zero-order valence-electron chi connectivity index (χ0n) is 11.7. The second-order valence-electron chi connectivity index (χ2n) is 4.60. The van der Waals surface area contributed by atoms with Gasteiger partial charge in [0.15, 0.2) is 0 Å². The molecule has 6 nitrogen and oxygen atoms in total. The fourth-order valence-electron chi connectivity index (χ4n) is 2.31. The molecule has 0 radical (unpaired) electrons. The largest absolute Gasteiger partial charge is 0.496 e. The Kier molecular flexibility index (Phi) is 4.03.